The lowest BCUT2D eigenvalue weighted by Gasteiger charge is -2.36. The summed E-state index contributed by atoms with van der Waals surface area (Å²) >= 11 is 1.49. The number of carbonyl (C=O) groups excluding carboxylic acids is 2. The fourth-order valence-electron chi connectivity index (χ4n) is 5.46. The highest BCUT2D eigenvalue weighted by Crippen LogP contribution is 2.39. The van der Waals surface area contributed by atoms with Crippen LogP contribution in [0.5, 0.6) is 11.5 Å². The number of nitrogens with one attached hydrogen (secondary N) is 2. The number of amides is 2. The number of anilines is 1. The number of benzene rings is 1. The largest absolute Gasteiger partial charge is 0.465 e. The average molecular weight is 633 g/mol. The van der Waals surface area contributed by atoms with Gasteiger partial charge in [0.25, 0.3) is 0 Å². The second-order valence-electron chi connectivity index (χ2n) is 11.5. The van der Waals surface area contributed by atoms with Crippen molar-refractivity contribution in [1.82, 2.24) is 25.1 Å². The van der Waals surface area contributed by atoms with Gasteiger partial charge in [-0.3, -0.25) is 24.6 Å². The molecule has 2 aliphatic rings. The Morgan fingerprint density at radius 1 is 1.07 bits per heavy atom. The Morgan fingerprint density at radius 2 is 1.89 bits per heavy atom. The molecule has 6 rings (SSSR count). The number of thiophene rings is 1. The monoisotopic (exact) mass is 632 g/mol. The Kier molecular flexibility index (Phi) is 9.53. The summed E-state index contributed by atoms with van der Waals surface area (Å²) < 4.78 is 26.8. The number of fused-ring (bicyclic) bond motifs is 1. The molecule has 1 aliphatic carbocycles. The molecule has 45 heavy (non-hydrogen) atoms. The van der Waals surface area contributed by atoms with Crippen molar-refractivity contribution < 1.29 is 23.5 Å². The van der Waals surface area contributed by atoms with Crippen LogP contribution in [0.2, 0.25) is 0 Å². The van der Waals surface area contributed by atoms with Gasteiger partial charge in [-0.2, -0.15) is 0 Å². The molecule has 0 radical (unpaired) electrons. The molecule has 1 saturated carbocycles. The SMILES string of the molecule is CCOC(=O)CN(C)C1CCN(Cc2ccc(-c3cc4nccc(Oc5ccc(NC(=O)NC6CC6)cc5F)c4s3)nc2)CC1. The van der Waals surface area contributed by atoms with Gasteiger partial charge >= 0.3 is 12.0 Å². The zero-order valence-corrected chi connectivity index (χ0v) is 26.2. The molecule has 12 heteroatoms. The van der Waals surface area contributed by atoms with Crippen molar-refractivity contribution in [2.75, 3.05) is 38.6 Å². The van der Waals surface area contributed by atoms with E-state index in [0.717, 1.165) is 71.7 Å². The summed E-state index contributed by atoms with van der Waals surface area (Å²) in [5.41, 5.74) is 3.07. The number of likely N-dealkylation sites (tertiary alicyclic amines) is 1. The second-order valence-corrected chi connectivity index (χ2v) is 12.6. The molecule has 2 amide bonds. The number of esters is 1. The molecule has 1 aromatic carbocycles. The van der Waals surface area contributed by atoms with E-state index in [4.69, 9.17) is 14.5 Å². The van der Waals surface area contributed by atoms with E-state index in [-0.39, 0.29) is 23.8 Å². The molecule has 0 atom stereocenters. The minimum absolute atomic E-state index is 0.0581. The summed E-state index contributed by atoms with van der Waals surface area (Å²) in [5.74, 6) is -0.195. The zero-order valence-electron chi connectivity index (χ0n) is 25.4. The summed E-state index contributed by atoms with van der Waals surface area (Å²) in [6, 6.07) is 12.4. The fraction of sp³-hybridized carbons (Fsp3) is 0.394. The topological polar surface area (TPSA) is 109 Å². The molecule has 236 valence electrons. The lowest BCUT2D eigenvalue weighted by Crippen LogP contribution is -2.44. The highest BCUT2D eigenvalue weighted by Gasteiger charge is 2.25. The number of likely N-dealkylation sites (N-methyl/N-ethyl adjacent to an activating group) is 1. The lowest BCUT2D eigenvalue weighted by molar-refractivity contribution is -0.144. The fourth-order valence-corrected chi connectivity index (χ4v) is 6.50. The molecule has 4 heterocycles. The van der Waals surface area contributed by atoms with Crippen molar-refractivity contribution in [3.05, 3.63) is 66.2 Å². The summed E-state index contributed by atoms with van der Waals surface area (Å²) in [5, 5.41) is 5.47. The second kappa shape index (κ2) is 13.9. The van der Waals surface area contributed by atoms with E-state index in [0.29, 0.717) is 30.6 Å². The number of halogens is 1. The number of urea groups is 1. The maximum Gasteiger partial charge on any atom is 0.320 e. The number of pyridine rings is 2. The van der Waals surface area contributed by atoms with E-state index in [1.54, 1.807) is 18.3 Å². The molecule has 3 aromatic heterocycles. The van der Waals surface area contributed by atoms with E-state index in [9.17, 15) is 14.0 Å². The number of nitrogens with zero attached hydrogens (tertiary/aromatic N) is 4. The van der Waals surface area contributed by atoms with Gasteiger partial charge in [0.2, 0.25) is 0 Å². The van der Waals surface area contributed by atoms with Crippen molar-refractivity contribution in [3.8, 4) is 22.1 Å². The number of rotatable bonds is 11. The van der Waals surface area contributed by atoms with Crippen LogP contribution in [0.3, 0.4) is 0 Å². The first-order valence-corrected chi connectivity index (χ1v) is 16.1. The number of ether oxygens (including phenoxy) is 2. The van der Waals surface area contributed by atoms with Crippen LogP contribution >= 0.6 is 11.3 Å². The molecule has 1 saturated heterocycles. The minimum Gasteiger partial charge on any atom is -0.465 e. The first-order chi connectivity index (χ1) is 21.8. The van der Waals surface area contributed by atoms with Crippen molar-refractivity contribution in [2.45, 2.75) is 51.2 Å². The van der Waals surface area contributed by atoms with Gasteiger partial charge < -0.3 is 20.1 Å². The van der Waals surface area contributed by atoms with Crippen LogP contribution in [0.1, 0.15) is 38.2 Å². The molecule has 4 aromatic rings. The summed E-state index contributed by atoms with van der Waals surface area (Å²) in [6.45, 7) is 5.30. The Balaban J connectivity index is 1.06. The van der Waals surface area contributed by atoms with Crippen LogP contribution in [0.15, 0.2) is 54.9 Å². The van der Waals surface area contributed by atoms with Crippen LogP contribution in [0, 0.1) is 5.82 Å². The van der Waals surface area contributed by atoms with Gasteiger partial charge in [-0.15, -0.1) is 11.3 Å². The first kappa shape index (κ1) is 30.9. The first-order valence-electron chi connectivity index (χ1n) is 15.3. The van der Waals surface area contributed by atoms with E-state index >= 15 is 0 Å². The van der Waals surface area contributed by atoms with Crippen molar-refractivity contribution >= 4 is 39.2 Å². The third-order valence-electron chi connectivity index (χ3n) is 8.05. The van der Waals surface area contributed by atoms with E-state index in [1.165, 1.54) is 23.5 Å². The Bertz CT molecular complexity index is 1650. The minimum atomic E-state index is -0.578. The van der Waals surface area contributed by atoms with Gasteiger partial charge in [-0.25, -0.2) is 9.18 Å². The molecule has 10 nitrogen and oxygen atoms in total. The molecule has 0 unspecified atom stereocenters. The number of piperidine rings is 1. The molecule has 1 aliphatic heterocycles. The van der Waals surface area contributed by atoms with E-state index in [1.807, 2.05) is 32.3 Å². The van der Waals surface area contributed by atoms with E-state index in [2.05, 4.69) is 31.5 Å². The highest BCUT2D eigenvalue weighted by molar-refractivity contribution is 7.22. The van der Waals surface area contributed by atoms with Crippen molar-refractivity contribution in [2.24, 2.45) is 0 Å². The molecule has 0 bridgehead atoms. The maximum absolute atomic E-state index is 14.9. The predicted octanol–water partition coefficient (Wildman–Crippen LogP) is 6.03. The average Bonchev–Trinajstić information content (AvgIpc) is 3.72. The predicted molar refractivity (Wildman–Crippen MR) is 172 cm³/mol. The zero-order chi connectivity index (χ0) is 31.3. The van der Waals surface area contributed by atoms with Crippen LogP contribution in [0.4, 0.5) is 14.9 Å². The quantitative estimate of drug-likeness (QED) is 0.193. The van der Waals surface area contributed by atoms with Gasteiger partial charge in [0.15, 0.2) is 11.6 Å². The third-order valence-corrected chi connectivity index (χ3v) is 9.21. The molecule has 0 spiro atoms. The van der Waals surface area contributed by atoms with Gasteiger partial charge in [0.05, 0.1) is 33.9 Å². The third kappa shape index (κ3) is 7.94. The Morgan fingerprint density at radius 3 is 2.60 bits per heavy atom. The van der Waals surface area contributed by atoms with Crippen molar-refractivity contribution in [1.29, 1.82) is 0 Å². The van der Waals surface area contributed by atoms with Crippen LogP contribution in [-0.2, 0) is 16.1 Å². The summed E-state index contributed by atoms with van der Waals surface area (Å²) in [4.78, 5) is 38.5. The lowest BCUT2D eigenvalue weighted by atomic mass is 10.0. The molecular weight excluding hydrogens is 595 g/mol. The van der Waals surface area contributed by atoms with E-state index < -0.39 is 5.82 Å². The van der Waals surface area contributed by atoms with Gasteiger partial charge in [0, 0.05) is 48.8 Å². The van der Waals surface area contributed by atoms with Crippen molar-refractivity contribution in [3.63, 3.8) is 0 Å². The highest BCUT2D eigenvalue weighted by atomic mass is 32.1. The van der Waals surface area contributed by atoms with Crippen LogP contribution < -0.4 is 15.4 Å². The standard InChI is InChI=1S/C33H37FN6O4S/c1-3-43-31(41)20-39(2)24-11-14-40(15-12-24)19-21-4-8-26(36-18-21)30-17-27-32(45-30)29(10-13-35-27)44-28-9-7-23(16-25(28)34)38-33(42)37-22-5-6-22/h4,7-10,13,16-18,22,24H,3,5-6,11-12,14-15,19-20H2,1-2H3,(H2,37,38,42). The van der Waals surface area contributed by atoms with Crippen LogP contribution in [-0.4, -0.2) is 77.1 Å². The molecule has 2 fully saturated rings. The summed E-state index contributed by atoms with van der Waals surface area (Å²) in [6.07, 6.45) is 7.51. The Hall–Kier alpha value is -4.13. The number of hydrogen-bond acceptors (Lipinski definition) is 9. The smallest absolute Gasteiger partial charge is 0.320 e. The van der Waals surface area contributed by atoms with Crippen LogP contribution in [0.25, 0.3) is 20.8 Å². The number of carbonyl (C=O) groups is 2. The van der Waals surface area contributed by atoms with Gasteiger partial charge in [-0.1, -0.05) is 6.07 Å². The number of hydrogen-bond donors (Lipinski definition) is 2. The Labute approximate surface area is 265 Å². The van der Waals surface area contributed by atoms with Gasteiger partial charge in [0.1, 0.15) is 5.75 Å². The molecule has 2 N–H and O–H groups in total. The normalized spacial score (nSPS) is 15.7. The van der Waals surface area contributed by atoms with Gasteiger partial charge in [-0.05, 0) is 82.6 Å². The summed E-state index contributed by atoms with van der Waals surface area (Å²) in [7, 11) is 1.99. The number of aromatic nitrogens is 2. The molecular formula is C33H37FN6O4S. The maximum atomic E-state index is 14.9.